The number of unbranched alkanes of at least 4 members (excludes halogenated alkanes) is 1. The van der Waals surface area contributed by atoms with Crippen molar-refractivity contribution in [2.24, 2.45) is 0 Å². The van der Waals surface area contributed by atoms with E-state index in [0.29, 0.717) is 49.3 Å². The fraction of sp³-hybridized carbons (Fsp3) is 0.364. The monoisotopic (exact) mass is 409 g/mol. The van der Waals surface area contributed by atoms with E-state index in [1.807, 2.05) is 6.07 Å². The Bertz CT molecular complexity index is 903. The van der Waals surface area contributed by atoms with Gasteiger partial charge in [-0.15, -0.1) is 0 Å². The van der Waals surface area contributed by atoms with E-state index in [0.717, 1.165) is 18.9 Å². The van der Waals surface area contributed by atoms with Crippen molar-refractivity contribution in [1.82, 2.24) is 9.88 Å². The van der Waals surface area contributed by atoms with Crippen LogP contribution in [0.3, 0.4) is 0 Å². The standard InChI is InChI=1S/C22H23N3O5/c26-20-17-5-1-2-6-18(17)21(27)25(20)9-3-4-12-30-22(28)16-7-8-19(23-15-16)24-10-13-29-14-11-24/h1-2,5-8,15H,3-4,9-14H2. The lowest BCUT2D eigenvalue weighted by Crippen LogP contribution is -2.36. The number of benzene rings is 1. The largest absolute Gasteiger partial charge is 0.462 e. The highest BCUT2D eigenvalue weighted by atomic mass is 16.5. The Balaban J connectivity index is 1.20. The predicted molar refractivity (Wildman–Crippen MR) is 109 cm³/mol. The number of rotatable bonds is 7. The minimum atomic E-state index is -0.434. The summed E-state index contributed by atoms with van der Waals surface area (Å²) in [5, 5.41) is 0. The van der Waals surface area contributed by atoms with Gasteiger partial charge in [0.15, 0.2) is 0 Å². The van der Waals surface area contributed by atoms with Gasteiger partial charge in [0.1, 0.15) is 5.82 Å². The molecule has 8 heteroatoms. The number of amides is 2. The van der Waals surface area contributed by atoms with Gasteiger partial charge in [-0.3, -0.25) is 14.5 Å². The second-order valence-electron chi connectivity index (χ2n) is 7.16. The molecule has 1 fully saturated rings. The molecule has 0 aliphatic carbocycles. The first kappa shape index (κ1) is 20.0. The number of anilines is 1. The Morgan fingerprint density at radius 3 is 2.33 bits per heavy atom. The van der Waals surface area contributed by atoms with Gasteiger partial charge in [0.25, 0.3) is 11.8 Å². The molecule has 0 radical (unpaired) electrons. The van der Waals surface area contributed by atoms with Crippen LogP contribution in [0.5, 0.6) is 0 Å². The number of esters is 1. The van der Waals surface area contributed by atoms with Crippen molar-refractivity contribution in [3.63, 3.8) is 0 Å². The zero-order valence-electron chi connectivity index (χ0n) is 16.6. The molecular weight excluding hydrogens is 386 g/mol. The first-order valence-electron chi connectivity index (χ1n) is 10.1. The average Bonchev–Trinajstić information content (AvgIpc) is 3.04. The first-order valence-corrected chi connectivity index (χ1v) is 10.1. The Labute approximate surface area is 174 Å². The molecule has 0 N–H and O–H groups in total. The highest BCUT2D eigenvalue weighted by Gasteiger charge is 2.34. The summed E-state index contributed by atoms with van der Waals surface area (Å²) in [4.78, 5) is 44.5. The second-order valence-corrected chi connectivity index (χ2v) is 7.16. The lowest BCUT2D eigenvalue weighted by Gasteiger charge is -2.27. The minimum Gasteiger partial charge on any atom is -0.462 e. The maximum atomic E-state index is 12.3. The Morgan fingerprint density at radius 2 is 1.70 bits per heavy atom. The molecule has 30 heavy (non-hydrogen) atoms. The van der Waals surface area contributed by atoms with E-state index in [-0.39, 0.29) is 18.4 Å². The number of morpholine rings is 1. The van der Waals surface area contributed by atoms with Crippen LogP contribution in [0.25, 0.3) is 0 Å². The highest BCUT2D eigenvalue weighted by molar-refractivity contribution is 6.21. The van der Waals surface area contributed by atoms with Gasteiger partial charge in [0.2, 0.25) is 0 Å². The first-order chi connectivity index (χ1) is 14.6. The third kappa shape index (κ3) is 4.18. The van der Waals surface area contributed by atoms with Crippen LogP contribution in [0, 0.1) is 0 Å². The molecule has 2 amide bonds. The van der Waals surface area contributed by atoms with Crippen LogP contribution in [-0.4, -0.2) is 67.1 Å². The Kier molecular flexibility index (Phi) is 6.04. The van der Waals surface area contributed by atoms with Crippen LogP contribution in [0.2, 0.25) is 0 Å². The number of nitrogens with zero attached hydrogens (tertiary/aromatic N) is 3. The topological polar surface area (TPSA) is 89.0 Å². The van der Waals surface area contributed by atoms with Gasteiger partial charge in [-0.2, -0.15) is 0 Å². The fourth-order valence-electron chi connectivity index (χ4n) is 3.55. The van der Waals surface area contributed by atoms with Crippen LogP contribution >= 0.6 is 0 Å². The molecule has 0 bridgehead atoms. The van der Waals surface area contributed by atoms with Gasteiger partial charge in [-0.05, 0) is 37.1 Å². The smallest absolute Gasteiger partial charge is 0.339 e. The summed E-state index contributed by atoms with van der Waals surface area (Å²) in [5.74, 6) is -0.148. The van der Waals surface area contributed by atoms with E-state index in [2.05, 4.69) is 9.88 Å². The Morgan fingerprint density at radius 1 is 1.00 bits per heavy atom. The van der Waals surface area contributed by atoms with Gasteiger partial charge >= 0.3 is 5.97 Å². The van der Waals surface area contributed by atoms with Crippen molar-refractivity contribution in [2.75, 3.05) is 44.4 Å². The zero-order valence-corrected chi connectivity index (χ0v) is 16.6. The third-order valence-corrected chi connectivity index (χ3v) is 5.21. The third-order valence-electron chi connectivity index (χ3n) is 5.21. The maximum Gasteiger partial charge on any atom is 0.339 e. The summed E-state index contributed by atoms with van der Waals surface area (Å²) in [6, 6.07) is 10.3. The van der Waals surface area contributed by atoms with E-state index < -0.39 is 5.97 Å². The van der Waals surface area contributed by atoms with Crippen LogP contribution in [-0.2, 0) is 9.47 Å². The van der Waals surface area contributed by atoms with Crippen LogP contribution in [0.1, 0.15) is 43.9 Å². The normalized spacial score (nSPS) is 16.0. The quantitative estimate of drug-likeness (QED) is 0.393. The van der Waals surface area contributed by atoms with Crippen molar-refractivity contribution in [2.45, 2.75) is 12.8 Å². The molecule has 0 spiro atoms. The molecule has 2 aromatic rings. The summed E-state index contributed by atoms with van der Waals surface area (Å²) in [7, 11) is 0. The van der Waals surface area contributed by atoms with E-state index in [9.17, 15) is 14.4 Å². The molecule has 2 aliphatic rings. The molecule has 1 aromatic heterocycles. The molecule has 0 atom stereocenters. The van der Waals surface area contributed by atoms with Gasteiger partial charge in [-0.25, -0.2) is 9.78 Å². The number of hydrogen-bond donors (Lipinski definition) is 0. The molecule has 4 rings (SSSR count). The van der Waals surface area contributed by atoms with Gasteiger partial charge in [0, 0.05) is 25.8 Å². The van der Waals surface area contributed by atoms with E-state index >= 15 is 0 Å². The molecule has 2 aliphatic heterocycles. The molecule has 0 saturated carbocycles. The second kappa shape index (κ2) is 9.04. The summed E-state index contributed by atoms with van der Waals surface area (Å²) in [6.07, 6.45) is 2.64. The SMILES string of the molecule is O=C(OCCCCN1C(=O)c2ccccc2C1=O)c1ccc(N2CCOCC2)nc1. The molecule has 1 saturated heterocycles. The van der Waals surface area contributed by atoms with Crippen LogP contribution in [0.4, 0.5) is 5.82 Å². The number of carbonyl (C=O) groups is 3. The van der Waals surface area contributed by atoms with Crippen molar-refractivity contribution in [3.8, 4) is 0 Å². The highest BCUT2D eigenvalue weighted by Crippen LogP contribution is 2.22. The lowest BCUT2D eigenvalue weighted by molar-refractivity contribution is 0.0485. The van der Waals surface area contributed by atoms with Crippen molar-refractivity contribution in [3.05, 3.63) is 59.3 Å². The minimum absolute atomic E-state index is 0.215. The van der Waals surface area contributed by atoms with Crippen LogP contribution < -0.4 is 4.90 Å². The molecule has 3 heterocycles. The van der Waals surface area contributed by atoms with Crippen molar-refractivity contribution in [1.29, 1.82) is 0 Å². The molecule has 156 valence electrons. The average molecular weight is 409 g/mol. The van der Waals surface area contributed by atoms with E-state index in [1.54, 1.807) is 30.3 Å². The molecular formula is C22H23N3O5. The number of pyridine rings is 1. The maximum absolute atomic E-state index is 12.3. The number of carbonyl (C=O) groups excluding carboxylic acids is 3. The lowest BCUT2D eigenvalue weighted by atomic mass is 10.1. The van der Waals surface area contributed by atoms with Gasteiger partial charge in [0.05, 0.1) is 36.5 Å². The van der Waals surface area contributed by atoms with Gasteiger partial charge in [-0.1, -0.05) is 12.1 Å². The molecule has 0 unspecified atom stereocenters. The fourth-order valence-corrected chi connectivity index (χ4v) is 3.55. The summed E-state index contributed by atoms with van der Waals surface area (Å²) >= 11 is 0. The summed E-state index contributed by atoms with van der Waals surface area (Å²) in [6.45, 7) is 3.43. The number of ether oxygens (including phenoxy) is 2. The van der Waals surface area contributed by atoms with Crippen LogP contribution in [0.15, 0.2) is 42.6 Å². The molecule has 1 aromatic carbocycles. The Hall–Kier alpha value is -3.26. The van der Waals surface area contributed by atoms with Gasteiger partial charge < -0.3 is 14.4 Å². The molecule has 8 nitrogen and oxygen atoms in total. The number of aromatic nitrogens is 1. The summed E-state index contributed by atoms with van der Waals surface area (Å²) in [5.41, 5.74) is 1.29. The van der Waals surface area contributed by atoms with E-state index in [4.69, 9.17) is 9.47 Å². The number of hydrogen-bond acceptors (Lipinski definition) is 7. The van der Waals surface area contributed by atoms with Crippen molar-refractivity contribution < 1.29 is 23.9 Å². The number of fused-ring (bicyclic) bond motifs is 1. The van der Waals surface area contributed by atoms with Crippen molar-refractivity contribution >= 4 is 23.6 Å². The number of imide groups is 1. The summed E-state index contributed by atoms with van der Waals surface area (Å²) < 4.78 is 10.6. The zero-order chi connectivity index (χ0) is 20.9. The predicted octanol–water partition coefficient (Wildman–Crippen LogP) is 2.15. The van der Waals surface area contributed by atoms with E-state index in [1.165, 1.54) is 11.1 Å².